The molecule has 0 unspecified atom stereocenters. The van der Waals surface area contributed by atoms with Crippen molar-refractivity contribution in [3.63, 3.8) is 0 Å². The minimum absolute atomic E-state index is 0.294. The summed E-state index contributed by atoms with van der Waals surface area (Å²) in [6, 6.07) is 13.4. The number of rotatable bonds is 6. The molecule has 0 saturated heterocycles. The summed E-state index contributed by atoms with van der Waals surface area (Å²) >= 11 is 5.88. The Morgan fingerprint density at radius 2 is 1.92 bits per heavy atom. The van der Waals surface area contributed by atoms with E-state index in [9.17, 15) is 9.59 Å². The summed E-state index contributed by atoms with van der Waals surface area (Å²) in [6.07, 6.45) is -0.749. The molecule has 0 bridgehead atoms. The largest absolute Gasteiger partial charge is 0.481 e. The van der Waals surface area contributed by atoms with E-state index in [0.717, 1.165) is 0 Å². The van der Waals surface area contributed by atoms with E-state index in [0.29, 0.717) is 28.6 Å². The van der Waals surface area contributed by atoms with E-state index in [-0.39, 0.29) is 5.91 Å². The average molecular weight is 348 g/mol. The van der Waals surface area contributed by atoms with E-state index >= 15 is 0 Å². The van der Waals surface area contributed by atoms with E-state index in [4.69, 9.17) is 21.1 Å². The van der Waals surface area contributed by atoms with E-state index in [2.05, 4.69) is 5.32 Å². The van der Waals surface area contributed by atoms with Crippen LogP contribution < -0.4 is 10.1 Å². The van der Waals surface area contributed by atoms with Crippen molar-refractivity contribution in [1.29, 1.82) is 0 Å². The van der Waals surface area contributed by atoms with Crippen LogP contribution in [0.4, 0.5) is 5.69 Å². The van der Waals surface area contributed by atoms with Crippen molar-refractivity contribution in [1.82, 2.24) is 0 Å². The van der Waals surface area contributed by atoms with Gasteiger partial charge in [0, 0.05) is 10.7 Å². The van der Waals surface area contributed by atoms with Crippen LogP contribution in [0.15, 0.2) is 48.5 Å². The third-order valence-electron chi connectivity index (χ3n) is 3.12. The van der Waals surface area contributed by atoms with Gasteiger partial charge in [-0.3, -0.25) is 4.79 Å². The number of hydrogen-bond donors (Lipinski definition) is 1. The lowest BCUT2D eigenvalue weighted by molar-refractivity contribution is -0.122. The molecule has 5 nitrogen and oxygen atoms in total. The predicted molar refractivity (Wildman–Crippen MR) is 92.6 cm³/mol. The molecular weight excluding hydrogens is 330 g/mol. The molecule has 6 heteroatoms. The normalized spacial score (nSPS) is 11.5. The maximum Gasteiger partial charge on any atom is 0.338 e. The van der Waals surface area contributed by atoms with Crippen molar-refractivity contribution in [2.24, 2.45) is 0 Å². The number of amides is 1. The summed E-state index contributed by atoms with van der Waals surface area (Å²) in [5.74, 6) is -0.341. The number of esters is 1. The molecule has 0 aromatic heterocycles. The third-order valence-corrected chi connectivity index (χ3v) is 3.35. The fourth-order valence-corrected chi connectivity index (χ4v) is 2.17. The number of halogens is 1. The van der Waals surface area contributed by atoms with Crippen molar-refractivity contribution in [3.8, 4) is 5.75 Å². The third kappa shape index (κ3) is 4.99. The highest BCUT2D eigenvalue weighted by atomic mass is 35.5. The van der Waals surface area contributed by atoms with Crippen LogP contribution in [0.25, 0.3) is 0 Å². The molecule has 0 aliphatic heterocycles. The number of ether oxygens (including phenoxy) is 2. The Labute approximate surface area is 145 Å². The highest BCUT2D eigenvalue weighted by Crippen LogP contribution is 2.18. The van der Waals surface area contributed by atoms with Gasteiger partial charge >= 0.3 is 5.97 Å². The first-order chi connectivity index (χ1) is 11.5. The molecule has 2 aromatic carbocycles. The number of carbonyl (C=O) groups excluding carboxylic acids is 2. The maximum atomic E-state index is 12.2. The molecule has 0 radical (unpaired) electrons. The maximum absolute atomic E-state index is 12.2. The molecule has 0 saturated carbocycles. The summed E-state index contributed by atoms with van der Waals surface area (Å²) < 4.78 is 10.5. The highest BCUT2D eigenvalue weighted by Gasteiger charge is 2.16. The zero-order chi connectivity index (χ0) is 17.5. The van der Waals surface area contributed by atoms with Gasteiger partial charge in [-0.15, -0.1) is 0 Å². The quantitative estimate of drug-likeness (QED) is 0.804. The van der Waals surface area contributed by atoms with Gasteiger partial charge in [-0.2, -0.15) is 0 Å². The van der Waals surface area contributed by atoms with Crippen LogP contribution in [0, 0.1) is 0 Å². The first-order valence-corrected chi connectivity index (χ1v) is 7.87. The molecule has 2 aromatic rings. The molecule has 126 valence electrons. The second kappa shape index (κ2) is 8.36. The Balaban J connectivity index is 2.01. The van der Waals surface area contributed by atoms with Gasteiger partial charge in [0.25, 0.3) is 5.91 Å². The van der Waals surface area contributed by atoms with Gasteiger partial charge in [0.2, 0.25) is 0 Å². The van der Waals surface area contributed by atoms with Gasteiger partial charge in [-0.05, 0) is 50.2 Å². The molecule has 24 heavy (non-hydrogen) atoms. The van der Waals surface area contributed by atoms with E-state index in [1.54, 1.807) is 62.4 Å². The topological polar surface area (TPSA) is 64.6 Å². The van der Waals surface area contributed by atoms with E-state index in [1.165, 1.54) is 0 Å². The number of anilines is 1. The minimum atomic E-state index is -0.749. The summed E-state index contributed by atoms with van der Waals surface area (Å²) in [6.45, 7) is 3.65. The Morgan fingerprint density at radius 1 is 1.17 bits per heavy atom. The molecule has 2 rings (SSSR count). The fraction of sp³-hybridized carbons (Fsp3) is 0.222. The van der Waals surface area contributed by atoms with Gasteiger partial charge in [0.1, 0.15) is 5.75 Å². The molecule has 0 spiro atoms. The minimum Gasteiger partial charge on any atom is -0.481 e. The first-order valence-electron chi connectivity index (χ1n) is 7.50. The predicted octanol–water partition coefficient (Wildman–Crippen LogP) is 3.92. The van der Waals surface area contributed by atoms with Crippen LogP contribution in [-0.2, 0) is 9.53 Å². The highest BCUT2D eigenvalue weighted by molar-refractivity contribution is 6.30. The van der Waals surface area contributed by atoms with Gasteiger partial charge in [0.05, 0.1) is 12.2 Å². The van der Waals surface area contributed by atoms with Gasteiger partial charge in [0.15, 0.2) is 6.10 Å². The van der Waals surface area contributed by atoms with E-state index in [1.807, 2.05) is 0 Å². The molecule has 0 aliphatic rings. The van der Waals surface area contributed by atoms with Crippen LogP contribution in [-0.4, -0.2) is 24.6 Å². The average Bonchev–Trinajstić information content (AvgIpc) is 2.55. The number of nitrogens with one attached hydrogen (secondary N) is 1. The van der Waals surface area contributed by atoms with Crippen molar-refractivity contribution >= 4 is 29.2 Å². The second-order valence-electron chi connectivity index (χ2n) is 5.01. The standard InChI is InChI=1S/C18H18ClNO4/c1-3-23-18(22)13-6-4-9-16(10-13)24-12(2)17(21)20-15-8-5-7-14(19)11-15/h4-12H,3H2,1-2H3,(H,20,21)/t12-/m1/s1. The molecule has 1 amide bonds. The number of hydrogen-bond acceptors (Lipinski definition) is 4. The Bertz CT molecular complexity index is 732. The first kappa shape index (κ1) is 17.8. The van der Waals surface area contributed by atoms with Crippen molar-refractivity contribution in [2.45, 2.75) is 20.0 Å². The monoisotopic (exact) mass is 347 g/mol. The number of benzene rings is 2. The summed E-state index contributed by atoms with van der Waals surface area (Å²) in [5.41, 5.74) is 0.958. The van der Waals surface area contributed by atoms with E-state index < -0.39 is 12.1 Å². The number of carbonyl (C=O) groups is 2. The fourth-order valence-electron chi connectivity index (χ4n) is 1.98. The van der Waals surface area contributed by atoms with Gasteiger partial charge in [-0.1, -0.05) is 23.7 Å². The molecular formula is C18H18ClNO4. The van der Waals surface area contributed by atoms with Crippen molar-refractivity contribution in [2.75, 3.05) is 11.9 Å². The second-order valence-corrected chi connectivity index (χ2v) is 5.44. The lowest BCUT2D eigenvalue weighted by Gasteiger charge is -2.15. The summed E-state index contributed by atoms with van der Waals surface area (Å²) in [4.78, 5) is 23.9. The molecule has 0 heterocycles. The molecule has 0 aliphatic carbocycles. The summed E-state index contributed by atoms with van der Waals surface area (Å²) in [5, 5.41) is 3.25. The lowest BCUT2D eigenvalue weighted by atomic mass is 10.2. The van der Waals surface area contributed by atoms with Gasteiger partial charge < -0.3 is 14.8 Å². The van der Waals surface area contributed by atoms with Crippen LogP contribution in [0.3, 0.4) is 0 Å². The van der Waals surface area contributed by atoms with Crippen molar-refractivity contribution in [3.05, 3.63) is 59.1 Å². The zero-order valence-electron chi connectivity index (χ0n) is 13.4. The Hall–Kier alpha value is -2.53. The van der Waals surface area contributed by atoms with Crippen molar-refractivity contribution < 1.29 is 19.1 Å². The SMILES string of the molecule is CCOC(=O)c1cccc(O[C@H](C)C(=O)Nc2cccc(Cl)c2)c1. The van der Waals surface area contributed by atoms with Crippen LogP contribution in [0.5, 0.6) is 5.75 Å². The van der Waals surface area contributed by atoms with Crippen LogP contribution in [0.2, 0.25) is 5.02 Å². The summed E-state index contributed by atoms with van der Waals surface area (Å²) in [7, 11) is 0. The molecule has 0 fully saturated rings. The van der Waals surface area contributed by atoms with Crippen LogP contribution >= 0.6 is 11.6 Å². The van der Waals surface area contributed by atoms with Crippen LogP contribution in [0.1, 0.15) is 24.2 Å². The molecule has 1 N–H and O–H groups in total. The Kier molecular flexibility index (Phi) is 6.21. The molecule has 1 atom stereocenters. The smallest absolute Gasteiger partial charge is 0.338 e. The van der Waals surface area contributed by atoms with Gasteiger partial charge in [-0.25, -0.2) is 4.79 Å². The lowest BCUT2D eigenvalue weighted by Crippen LogP contribution is -2.30. The zero-order valence-corrected chi connectivity index (χ0v) is 14.2. The Morgan fingerprint density at radius 3 is 2.62 bits per heavy atom.